The van der Waals surface area contributed by atoms with Crippen LogP contribution in [0.15, 0.2) is 75.8 Å². The highest BCUT2D eigenvalue weighted by Crippen LogP contribution is 2.61. The number of para-hydroxylation sites is 1. The number of oxazole rings is 2. The van der Waals surface area contributed by atoms with E-state index in [4.69, 9.17) is 28.3 Å². The Morgan fingerprint density at radius 2 is 1.90 bits per heavy atom. The lowest BCUT2D eigenvalue weighted by molar-refractivity contribution is -0.131. The highest BCUT2D eigenvalue weighted by molar-refractivity contribution is 6.07. The molecule has 1 unspecified atom stereocenters. The van der Waals surface area contributed by atoms with Crippen LogP contribution in [-0.4, -0.2) is 52.2 Å². The molecule has 3 aromatic carbocycles. The first-order chi connectivity index (χ1) is 25.4. The fraction of sp³-hybridized carbons (Fsp3) is 0.300. The maximum absolute atomic E-state index is 14.2. The fourth-order valence-electron chi connectivity index (χ4n) is 8.89. The summed E-state index contributed by atoms with van der Waals surface area (Å²) in [6.07, 6.45) is 3.95. The Morgan fingerprint density at radius 1 is 1.02 bits per heavy atom. The monoisotopic (exact) mass is 694 g/mol. The van der Waals surface area contributed by atoms with Gasteiger partial charge in [-0.25, -0.2) is 9.97 Å². The lowest BCUT2D eigenvalue weighted by Gasteiger charge is -2.29. The summed E-state index contributed by atoms with van der Waals surface area (Å²) < 4.78 is 26.0. The number of aromatic amines is 1. The van der Waals surface area contributed by atoms with E-state index in [9.17, 15) is 9.59 Å². The van der Waals surface area contributed by atoms with Crippen molar-refractivity contribution < 1.29 is 27.9 Å². The molecular weight excluding hydrogens is 660 g/mol. The minimum absolute atomic E-state index is 0.127. The number of benzene rings is 3. The van der Waals surface area contributed by atoms with Gasteiger partial charge in [-0.15, -0.1) is 0 Å². The van der Waals surface area contributed by atoms with E-state index in [-0.39, 0.29) is 30.1 Å². The third-order valence-electron chi connectivity index (χ3n) is 11.4. The van der Waals surface area contributed by atoms with E-state index in [1.165, 1.54) is 0 Å². The molecular formula is C40H34N6O6. The third-order valence-corrected chi connectivity index (χ3v) is 11.4. The van der Waals surface area contributed by atoms with Crippen molar-refractivity contribution >= 4 is 28.4 Å². The van der Waals surface area contributed by atoms with Crippen LogP contribution in [-0.2, 0) is 26.2 Å². The van der Waals surface area contributed by atoms with Crippen LogP contribution >= 0.6 is 0 Å². The number of carbonyl (C=O) groups excluding carboxylic acids is 2. The van der Waals surface area contributed by atoms with Crippen LogP contribution in [0.2, 0.25) is 0 Å². The van der Waals surface area contributed by atoms with E-state index >= 15 is 0 Å². The van der Waals surface area contributed by atoms with Crippen molar-refractivity contribution in [1.29, 1.82) is 0 Å². The standard InChI is InChI=1S/C40H34N6O6/c1-18(2)31-38-45-33-34(52-38)40-24-7-3-6-22(21-5-4-8-26-30(21)23(15-41-26)29-16-42-37(33)50-29)32(24)46-39(40)51-28-10-9-19(13-25(28)40)14-27(36(48)44-31)43-35(47)20-11-12-49-17-20/h3-10,13,15-16,18,20,27,31,39,41,46H,11-12,14,17H2,1-2H3,(H,43,47)(H,44,48)/t20-,27-,31-,39?,40-/m0/s1. The number of nitrogens with zero attached hydrogens (tertiary/aromatic N) is 2. The van der Waals surface area contributed by atoms with Gasteiger partial charge in [-0.2, -0.15) is 0 Å². The van der Waals surface area contributed by atoms with Crippen molar-refractivity contribution in [2.75, 3.05) is 18.5 Å². The maximum atomic E-state index is 14.2. The first-order valence-corrected chi connectivity index (χ1v) is 17.9. The number of anilines is 1. The molecule has 10 bridgehead atoms. The molecule has 8 heterocycles. The number of amides is 2. The van der Waals surface area contributed by atoms with E-state index in [1.807, 2.05) is 38.2 Å². The van der Waals surface area contributed by atoms with Crippen LogP contribution in [0.3, 0.4) is 0 Å². The third kappa shape index (κ3) is 3.95. The molecule has 5 aliphatic rings. The van der Waals surface area contributed by atoms with Gasteiger partial charge >= 0.3 is 0 Å². The zero-order valence-electron chi connectivity index (χ0n) is 28.4. The Hall–Kier alpha value is -5.88. The predicted octanol–water partition coefficient (Wildman–Crippen LogP) is 5.83. The Morgan fingerprint density at radius 3 is 2.77 bits per heavy atom. The lowest BCUT2D eigenvalue weighted by atomic mass is 9.72. The second kappa shape index (κ2) is 10.6. The Bertz CT molecular complexity index is 2490. The average molecular weight is 695 g/mol. The summed E-state index contributed by atoms with van der Waals surface area (Å²) in [5.74, 6) is 1.44. The summed E-state index contributed by atoms with van der Waals surface area (Å²) >= 11 is 0. The molecule has 11 rings (SSSR count). The van der Waals surface area contributed by atoms with E-state index < -0.39 is 23.7 Å². The minimum Gasteiger partial charge on any atom is -0.469 e. The molecule has 5 atom stereocenters. The molecule has 1 saturated heterocycles. The largest absolute Gasteiger partial charge is 0.469 e. The van der Waals surface area contributed by atoms with Gasteiger partial charge in [0, 0.05) is 58.1 Å². The van der Waals surface area contributed by atoms with E-state index in [1.54, 1.807) is 6.20 Å². The van der Waals surface area contributed by atoms with Gasteiger partial charge in [0.1, 0.15) is 23.2 Å². The number of fused-ring (bicyclic) bond motifs is 7. The van der Waals surface area contributed by atoms with E-state index in [0.717, 1.165) is 50.0 Å². The molecule has 3 aromatic heterocycles. The zero-order chi connectivity index (χ0) is 34.9. The predicted molar refractivity (Wildman–Crippen MR) is 189 cm³/mol. The summed E-state index contributed by atoms with van der Waals surface area (Å²) in [6, 6.07) is 17.0. The molecule has 0 radical (unpaired) electrons. The number of hydrogen-bond acceptors (Lipinski definition) is 9. The molecule has 12 heteroatoms. The highest BCUT2D eigenvalue weighted by Gasteiger charge is 2.61. The summed E-state index contributed by atoms with van der Waals surface area (Å²) in [7, 11) is 0. The van der Waals surface area contributed by atoms with Crippen LogP contribution in [0.4, 0.5) is 5.69 Å². The molecule has 5 aliphatic heterocycles. The van der Waals surface area contributed by atoms with Gasteiger partial charge < -0.3 is 39.2 Å². The van der Waals surface area contributed by atoms with E-state index in [2.05, 4.69) is 57.3 Å². The summed E-state index contributed by atoms with van der Waals surface area (Å²) in [4.78, 5) is 41.0. The number of carbonyl (C=O) groups is 2. The number of ether oxygens (including phenoxy) is 2. The van der Waals surface area contributed by atoms with Gasteiger partial charge in [0.25, 0.3) is 0 Å². The van der Waals surface area contributed by atoms with Crippen molar-refractivity contribution in [2.24, 2.45) is 11.8 Å². The van der Waals surface area contributed by atoms with E-state index in [0.29, 0.717) is 54.4 Å². The fourth-order valence-corrected chi connectivity index (χ4v) is 8.89. The van der Waals surface area contributed by atoms with Gasteiger partial charge in [-0.1, -0.05) is 56.3 Å². The quantitative estimate of drug-likeness (QED) is 0.179. The van der Waals surface area contributed by atoms with Gasteiger partial charge in [-0.3, -0.25) is 9.59 Å². The lowest BCUT2D eigenvalue weighted by Crippen LogP contribution is -2.51. The van der Waals surface area contributed by atoms with Crippen LogP contribution in [0, 0.1) is 11.8 Å². The Kier molecular flexibility index (Phi) is 6.06. The summed E-state index contributed by atoms with van der Waals surface area (Å²) in [6.45, 7) is 4.87. The SMILES string of the molecule is CC(C)[C@@H]1NC(=O)[C@@H](NC(=O)[C@H]2CCOC2)Cc2ccc3c(c2)[C@]24c5cccc(c5NC2O3)-c2cccc3[nH]cc(c23)-c2cnc(o2)-c2nc1oc24. The molecule has 12 nitrogen and oxygen atoms in total. The Labute approximate surface area is 297 Å². The molecule has 1 fully saturated rings. The van der Waals surface area contributed by atoms with Crippen LogP contribution in [0.5, 0.6) is 5.75 Å². The van der Waals surface area contributed by atoms with Crippen LogP contribution in [0.1, 0.15) is 54.7 Å². The smallest absolute Gasteiger partial charge is 0.249 e. The minimum atomic E-state index is -1.02. The van der Waals surface area contributed by atoms with Crippen molar-refractivity contribution in [3.05, 3.63) is 95.3 Å². The van der Waals surface area contributed by atoms with Crippen LogP contribution in [0.25, 0.3) is 44.9 Å². The number of aromatic nitrogens is 3. The second-order valence-electron chi connectivity index (χ2n) is 14.8. The maximum Gasteiger partial charge on any atom is 0.249 e. The van der Waals surface area contributed by atoms with Crippen molar-refractivity contribution in [3.63, 3.8) is 0 Å². The first kappa shape index (κ1) is 29.8. The molecule has 2 amide bonds. The zero-order valence-corrected chi connectivity index (χ0v) is 28.4. The average Bonchev–Trinajstić information content (AvgIpc) is 3.99. The van der Waals surface area contributed by atoms with Gasteiger partial charge in [0.15, 0.2) is 23.4 Å². The molecule has 0 aliphatic carbocycles. The first-order valence-electron chi connectivity index (χ1n) is 17.9. The molecule has 260 valence electrons. The number of hydrogen-bond donors (Lipinski definition) is 4. The van der Waals surface area contributed by atoms with Crippen molar-refractivity contribution in [1.82, 2.24) is 25.6 Å². The number of rotatable bonds is 3. The topological polar surface area (TPSA) is 157 Å². The summed E-state index contributed by atoms with van der Waals surface area (Å²) in [5.41, 5.74) is 6.91. The van der Waals surface area contributed by atoms with Crippen molar-refractivity contribution in [2.45, 2.75) is 50.4 Å². The summed E-state index contributed by atoms with van der Waals surface area (Å²) in [5, 5.41) is 11.1. The number of nitrogens with one attached hydrogen (secondary N) is 4. The normalized spacial score (nSPS) is 24.8. The van der Waals surface area contributed by atoms with Gasteiger partial charge in [0.05, 0.1) is 18.7 Å². The van der Waals surface area contributed by atoms with Gasteiger partial charge in [0.2, 0.25) is 23.6 Å². The van der Waals surface area contributed by atoms with Crippen LogP contribution < -0.4 is 20.7 Å². The molecule has 52 heavy (non-hydrogen) atoms. The van der Waals surface area contributed by atoms with Gasteiger partial charge in [-0.05, 0) is 35.6 Å². The second-order valence-corrected chi connectivity index (χ2v) is 14.8. The molecule has 0 saturated carbocycles. The molecule has 6 aromatic rings. The van der Waals surface area contributed by atoms with Crippen molar-refractivity contribution in [3.8, 4) is 39.8 Å². The molecule has 1 spiro atoms. The Balaban J connectivity index is 1.20. The molecule has 4 N–H and O–H groups in total. The number of H-pyrrole nitrogens is 1. The highest BCUT2D eigenvalue weighted by atomic mass is 16.5.